The van der Waals surface area contributed by atoms with E-state index >= 15 is 0 Å². The van der Waals surface area contributed by atoms with Crippen LogP contribution in [0.4, 0.5) is 0 Å². The van der Waals surface area contributed by atoms with Crippen molar-refractivity contribution in [2.24, 2.45) is 0 Å². The van der Waals surface area contributed by atoms with Gasteiger partial charge < -0.3 is 4.74 Å². The molecule has 0 radical (unpaired) electrons. The van der Waals surface area contributed by atoms with Crippen LogP contribution in [-0.4, -0.2) is 0 Å². The number of hydrogen-bond donors (Lipinski definition) is 0. The Hall–Kier alpha value is -3.32. The van der Waals surface area contributed by atoms with E-state index in [1.54, 1.807) is 0 Å². The lowest BCUT2D eigenvalue weighted by atomic mass is 9.92. The quantitative estimate of drug-likeness (QED) is 0.388. The second kappa shape index (κ2) is 7.01. The van der Waals surface area contributed by atoms with E-state index in [0.29, 0.717) is 6.61 Å². The van der Waals surface area contributed by atoms with Gasteiger partial charge >= 0.3 is 0 Å². The maximum Gasteiger partial charge on any atom is 0.128 e. The van der Waals surface area contributed by atoms with Crippen molar-refractivity contribution in [2.75, 3.05) is 0 Å². The molecule has 0 aromatic heterocycles. The molecule has 1 nitrogen and oxygen atoms in total. The number of allylic oxidation sites excluding steroid dienone is 1. The molecule has 4 aromatic rings. The van der Waals surface area contributed by atoms with E-state index in [0.717, 1.165) is 12.2 Å². The second-order valence-electron chi connectivity index (χ2n) is 7.42. The summed E-state index contributed by atoms with van der Waals surface area (Å²) >= 11 is 0. The molecule has 0 aliphatic heterocycles. The first-order valence-corrected chi connectivity index (χ1v) is 9.78. The summed E-state index contributed by atoms with van der Waals surface area (Å²) in [5, 5.41) is 2.49. The van der Waals surface area contributed by atoms with Crippen LogP contribution >= 0.6 is 0 Å². The highest BCUT2D eigenvalue weighted by Gasteiger charge is 2.24. The Kier molecular flexibility index (Phi) is 4.21. The third-order valence-corrected chi connectivity index (χ3v) is 5.55. The third kappa shape index (κ3) is 2.90. The van der Waals surface area contributed by atoms with E-state index in [2.05, 4.69) is 91.9 Å². The molecule has 1 heteroatoms. The minimum absolute atomic E-state index is 0.570. The zero-order valence-electron chi connectivity index (χ0n) is 16.0. The Labute approximate surface area is 165 Å². The first-order chi connectivity index (χ1) is 13.8. The Bertz CT molecular complexity index is 1190. The van der Waals surface area contributed by atoms with E-state index in [1.165, 1.54) is 44.2 Å². The molecule has 0 spiro atoms. The second-order valence-corrected chi connectivity index (χ2v) is 7.42. The average Bonchev–Trinajstić information content (AvgIpc) is 3.08. The monoisotopic (exact) mass is 362 g/mol. The largest absolute Gasteiger partial charge is 0.488 e. The molecule has 1 aliphatic rings. The summed E-state index contributed by atoms with van der Waals surface area (Å²) in [4.78, 5) is 0. The fourth-order valence-corrected chi connectivity index (χ4v) is 4.24. The van der Waals surface area contributed by atoms with Crippen molar-refractivity contribution in [1.82, 2.24) is 0 Å². The van der Waals surface area contributed by atoms with E-state index in [4.69, 9.17) is 4.74 Å². The van der Waals surface area contributed by atoms with E-state index < -0.39 is 0 Å². The van der Waals surface area contributed by atoms with Crippen LogP contribution in [0.2, 0.25) is 0 Å². The standard InChI is InChI=1S/C27H22O/c1-19-17-22-12-6-8-14-24(22)26(19)27-23-13-7-5-11-21(23)15-16-25(27)28-18-20-9-3-2-4-10-20/h2-16H,17-18H2,1H3. The summed E-state index contributed by atoms with van der Waals surface area (Å²) in [6.07, 6.45) is 1.01. The molecule has 5 rings (SSSR count). The molecule has 1 aliphatic carbocycles. The van der Waals surface area contributed by atoms with Crippen LogP contribution in [0, 0.1) is 0 Å². The normalized spacial score (nSPS) is 13.0. The Balaban J connectivity index is 1.67. The molecule has 4 aromatic carbocycles. The Morgan fingerprint density at radius 3 is 2.39 bits per heavy atom. The van der Waals surface area contributed by atoms with Gasteiger partial charge in [-0.2, -0.15) is 0 Å². The number of benzene rings is 4. The van der Waals surface area contributed by atoms with E-state index in [1.807, 2.05) is 6.07 Å². The van der Waals surface area contributed by atoms with Gasteiger partial charge in [0.2, 0.25) is 0 Å². The van der Waals surface area contributed by atoms with Crippen LogP contribution in [0.5, 0.6) is 5.75 Å². The fourth-order valence-electron chi connectivity index (χ4n) is 4.24. The lowest BCUT2D eigenvalue weighted by Gasteiger charge is -2.17. The molecule has 0 unspecified atom stereocenters. The van der Waals surface area contributed by atoms with E-state index in [-0.39, 0.29) is 0 Å². The lowest BCUT2D eigenvalue weighted by molar-refractivity contribution is 0.306. The predicted molar refractivity (Wildman–Crippen MR) is 117 cm³/mol. The van der Waals surface area contributed by atoms with Crippen molar-refractivity contribution in [1.29, 1.82) is 0 Å². The molecule has 0 saturated carbocycles. The SMILES string of the molecule is CC1=C(c2c(OCc3ccccc3)ccc3ccccc23)c2ccccc2C1. The zero-order chi connectivity index (χ0) is 18.9. The highest BCUT2D eigenvalue weighted by molar-refractivity contribution is 6.02. The topological polar surface area (TPSA) is 9.23 Å². The van der Waals surface area contributed by atoms with E-state index in [9.17, 15) is 0 Å². The van der Waals surface area contributed by atoms with Crippen molar-refractivity contribution in [3.8, 4) is 5.75 Å². The lowest BCUT2D eigenvalue weighted by Crippen LogP contribution is -2.00. The number of ether oxygens (including phenoxy) is 1. The molecule has 0 heterocycles. The smallest absolute Gasteiger partial charge is 0.128 e. The molecular formula is C27H22O. The van der Waals surface area contributed by atoms with Crippen LogP contribution in [0.15, 0.2) is 96.6 Å². The highest BCUT2D eigenvalue weighted by Crippen LogP contribution is 2.44. The summed E-state index contributed by atoms with van der Waals surface area (Å²) in [6, 6.07) is 32.0. The van der Waals surface area contributed by atoms with Gasteiger partial charge in [0.1, 0.15) is 12.4 Å². The minimum atomic E-state index is 0.570. The third-order valence-electron chi connectivity index (χ3n) is 5.55. The molecule has 28 heavy (non-hydrogen) atoms. The van der Waals surface area contributed by atoms with Crippen molar-refractivity contribution < 1.29 is 4.74 Å². The molecule has 0 saturated heterocycles. The maximum absolute atomic E-state index is 6.37. The summed E-state index contributed by atoms with van der Waals surface area (Å²) < 4.78 is 6.37. The maximum atomic E-state index is 6.37. The van der Waals surface area contributed by atoms with Gasteiger partial charge in [0, 0.05) is 5.56 Å². The van der Waals surface area contributed by atoms with Crippen LogP contribution in [0.1, 0.15) is 29.2 Å². The predicted octanol–water partition coefficient (Wildman–Crippen LogP) is 6.80. The van der Waals surface area contributed by atoms with Crippen molar-refractivity contribution in [2.45, 2.75) is 20.0 Å². The van der Waals surface area contributed by atoms with Gasteiger partial charge in [0.25, 0.3) is 0 Å². The zero-order valence-corrected chi connectivity index (χ0v) is 16.0. The van der Waals surface area contributed by atoms with Crippen molar-refractivity contribution in [3.05, 3.63) is 119 Å². The van der Waals surface area contributed by atoms with Gasteiger partial charge in [-0.05, 0) is 52.4 Å². The molecular weight excluding hydrogens is 340 g/mol. The van der Waals surface area contributed by atoms with Gasteiger partial charge in [-0.15, -0.1) is 0 Å². The molecule has 0 fully saturated rings. The number of hydrogen-bond acceptors (Lipinski definition) is 1. The Morgan fingerprint density at radius 2 is 1.50 bits per heavy atom. The van der Waals surface area contributed by atoms with Gasteiger partial charge in [-0.25, -0.2) is 0 Å². The van der Waals surface area contributed by atoms with Gasteiger partial charge in [-0.1, -0.05) is 90.5 Å². The summed E-state index contributed by atoms with van der Waals surface area (Å²) in [7, 11) is 0. The molecule has 136 valence electrons. The summed E-state index contributed by atoms with van der Waals surface area (Å²) in [6.45, 7) is 2.82. The number of rotatable bonds is 4. The molecule has 0 bridgehead atoms. The summed E-state index contributed by atoms with van der Waals surface area (Å²) in [5.74, 6) is 0.952. The van der Waals surface area contributed by atoms with Gasteiger partial charge in [-0.3, -0.25) is 0 Å². The molecule has 0 atom stereocenters. The van der Waals surface area contributed by atoms with Crippen LogP contribution in [-0.2, 0) is 13.0 Å². The fraction of sp³-hybridized carbons (Fsp3) is 0.111. The Morgan fingerprint density at radius 1 is 0.750 bits per heavy atom. The van der Waals surface area contributed by atoms with Crippen molar-refractivity contribution >= 4 is 16.3 Å². The average molecular weight is 362 g/mol. The first kappa shape index (κ1) is 16.8. The van der Waals surface area contributed by atoms with Crippen LogP contribution in [0.25, 0.3) is 16.3 Å². The van der Waals surface area contributed by atoms with Crippen LogP contribution in [0.3, 0.4) is 0 Å². The van der Waals surface area contributed by atoms with Gasteiger partial charge in [0.05, 0.1) is 0 Å². The molecule has 0 N–H and O–H groups in total. The highest BCUT2D eigenvalue weighted by atomic mass is 16.5. The summed E-state index contributed by atoms with van der Waals surface area (Å²) in [5.41, 5.74) is 7.87. The molecule has 0 amide bonds. The number of fused-ring (bicyclic) bond motifs is 2. The van der Waals surface area contributed by atoms with Crippen molar-refractivity contribution in [3.63, 3.8) is 0 Å². The van der Waals surface area contributed by atoms with Crippen LogP contribution < -0.4 is 4.74 Å². The minimum Gasteiger partial charge on any atom is -0.488 e. The first-order valence-electron chi connectivity index (χ1n) is 9.78. The van der Waals surface area contributed by atoms with Gasteiger partial charge in [0.15, 0.2) is 0 Å².